The Morgan fingerprint density at radius 3 is 1.74 bits per heavy atom. The van der Waals surface area contributed by atoms with Crippen molar-refractivity contribution in [2.75, 3.05) is 0 Å². The van der Waals surface area contributed by atoms with Gasteiger partial charge in [-0.3, -0.25) is 9.97 Å². The van der Waals surface area contributed by atoms with Gasteiger partial charge in [0.25, 0.3) is 0 Å². The minimum absolute atomic E-state index is 0.813. The van der Waals surface area contributed by atoms with Crippen LogP contribution in [-0.4, -0.2) is 19.5 Å². The van der Waals surface area contributed by atoms with Crippen LogP contribution in [-0.2, 0) is 0 Å². The minimum Gasteiger partial charge on any atom is -0.308 e. The molecule has 0 fully saturated rings. The fourth-order valence-corrected chi connectivity index (χ4v) is 7.59. The highest BCUT2D eigenvalue weighted by molar-refractivity contribution is 7.27. The average Bonchev–Trinajstić information content (AvgIpc) is 3.62. The lowest BCUT2D eigenvalue weighted by Gasteiger charge is -2.13. The number of hydrogen-bond donors (Lipinski definition) is 0. The second kappa shape index (κ2) is 9.06. The largest absolute Gasteiger partial charge is 0.308 e. The van der Waals surface area contributed by atoms with Crippen molar-refractivity contribution in [3.63, 3.8) is 0 Å². The Morgan fingerprint density at radius 1 is 0.500 bits per heavy atom. The average molecular weight is 555 g/mol. The Hall–Kier alpha value is -5.39. The summed E-state index contributed by atoms with van der Waals surface area (Å²) in [6.07, 6.45) is 3.63. The zero-order valence-corrected chi connectivity index (χ0v) is 23.2. The molecule has 9 aromatic rings. The highest BCUT2D eigenvalue weighted by atomic mass is 32.1. The maximum atomic E-state index is 5.06. The van der Waals surface area contributed by atoms with Gasteiger partial charge in [0.15, 0.2) is 0 Å². The maximum Gasteiger partial charge on any atom is 0.0915 e. The van der Waals surface area contributed by atoms with Gasteiger partial charge in [0.05, 0.1) is 44.2 Å². The van der Waals surface area contributed by atoms with Crippen LogP contribution in [0.2, 0.25) is 0 Å². The molecule has 0 aliphatic carbocycles. The van der Waals surface area contributed by atoms with Gasteiger partial charge in [-0.1, -0.05) is 72.8 Å². The van der Waals surface area contributed by atoms with Crippen molar-refractivity contribution in [2.45, 2.75) is 0 Å². The Bertz CT molecular complexity index is 2400. The van der Waals surface area contributed by atoms with Gasteiger partial charge in [0.1, 0.15) is 0 Å². The van der Waals surface area contributed by atoms with Gasteiger partial charge in [-0.25, -0.2) is 4.98 Å². The number of hydrogen-bond acceptors (Lipinski definition) is 4. The zero-order chi connectivity index (χ0) is 27.6. The number of pyridine rings is 3. The third-order valence-electron chi connectivity index (χ3n) is 8.07. The summed E-state index contributed by atoms with van der Waals surface area (Å²) < 4.78 is 5.01. The molecule has 5 aromatic heterocycles. The molecule has 0 radical (unpaired) electrons. The van der Waals surface area contributed by atoms with Crippen molar-refractivity contribution < 1.29 is 0 Å². The fraction of sp³-hybridized carbons (Fsp3) is 0. The SMILES string of the molecule is c1ccc(-c2cc(-n3c4ccccc4c4c5ccccc5c5c6ccccc6sc5c43)cc(-c3ccccn3)n2)nc1. The van der Waals surface area contributed by atoms with Crippen LogP contribution < -0.4 is 0 Å². The Balaban J connectivity index is 1.50. The summed E-state index contributed by atoms with van der Waals surface area (Å²) in [5.74, 6) is 0. The van der Waals surface area contributed by atoms with Gasteiger partial charge in [-0.2, -0.15) is 0 Å². The van der Waals surface area contributed by atoms with Crippen LogP contribution in [0.25, 0.3) is 81.2 Å². The summed E-state index contributed by atoms with van der Waals surface area (Å²) >= 11 is 1.87. The van der Waals surface area contributed by atoms with Crippen molar-refractivity contribution in [1.82, 2.24) is 19.5 Å². The third-order valence-corrected chi connectivity index (χ3v) is 9.25. The van der Waals surface area contributed by atoms with Gasteiger partial charge in [0, 0.05) is 38.6 Å². The van der Waals surface area contributed by atoms with Crippen LogP contribution in [0.15, 0.2) is 134 Å². The van der Waals surface area contributed by atoms with Gasteiger partial charge in [-0.15, -0.1) is 11.3 Å². The Labute approximate surface area is 245 Å². The minimum atomic E-state index is 0.813. The van der Waals surface area contributed by atoms with E-state index in [1.54, 1.807) is 0 Å². The molecule has 196 valence electrons. The number of thiophene rings is 1. The van der Waals surface area contributed by atoms with E-state index in [2.05, 4.69) is 99.5 Å². The van der Waals surface area contributed by atoms with Crippen molar-refractivity contribution >= 4 is 64.1 Å². The molecule has 0 N–H and O–H groups in total. The topological polar surface area (TPSA) is 43.6 Å². The molecule has 0 bridgehead atoms. The summed E-state index contributed by atoms with van der Waals surface area (Å²) in [6.45, 7) is 0. The van der Waals surface area contributed by atoms with E-state index in [0.717, 1.165) is 34.0 Å². The molecule has 0 aliphatic rings. The van der Waals surface area contributed by atoms with Crippen LogP contribution >= 0.6 is 11.3 Å². The van der Waals surface area contributed by atoms with Crippen LogP contribution in [0.4, 0.5) is 0 Å². The van der Waals surface area contributed by atoms with E-state index in [4.69, 9.17) is 4.98 Å². The van der Waals surface area contributed by atoms with Crippen molar-refractivity contribution in [3.05, 3.63) is 134 Å². The second-order valence-electron chi connectivity index (χ2n) is 10.4. The van der Waals surface area contributed by atoms with E-state index >= 15 is 0 Å². The van der Waals surface area contributed by atoms with E-state index in [9.17, 15) is 0 Å². The Kier molecular flexibility index (Phi) is 5.03. The molecule has 9 rings (SSSR count). The first-order valence-corrected chi connectivity index (χ1v) is 14.8. The first-order valence-electron chi connectivity index (χ1n) is 14.0. The lowest BCUT2D eigenvalue weighted by atomic mass is 9.99. The number of fused-ring (bicyclic) bond motifs is 10. The molecule has 0 saturated heterocycles. The number of aromatic nitrogens is 4. The van der Waals surface area contributed by atoms with Crippen LogP contribution in [0.5, 0.6) is 0 Å². The molecule has 0 amide bonds. The normalized spacial score (nSPS) is 11.8. The van der Waals surface area contributed by atoms with Gasteiger partial charge in [-0.05, 0) is 59.3 Å². The molecule has 42 heavy (non-hydrogen) atoms. The summed E-state index contributed by atoms with van der Waals surface area (Å²) in [7, 11) is 0. The number of para-hydroxylation sites is 1. The van der Waals surface area contributed by atoms with Crippen LogP contribution in [0.1, 0.15) is 0 Å². The molecule has 0 atom stereocenters. The molecular formula is C37H22N4S. The first kappa shape index (κ1) is 23.3. The first-order chi connectivity index (χ1) is 20.8. The summed E-state index contributed by atoms with van der Waals surface area (Å²) in [5, 5.41) is 7.67. The van der Waals surface area contributed by atoms with E-state index in [1.807, 2.05) is 60.1 Å². The highest BCUT2D eigenvalue weighted by Crippen LogP contribution is 2.48. The molecule has 5 heterocycles. The zero-order valence-electron chi connectivity index (χ0n) is 22.4. The van der Waals surface area contributed by atoms with E-state index < -0.39 is 0 Å². The number of nitrogens with zero attached hydrogens (tertiary/aromatic N) is 4. The third kappa shape index (κ3) is 3.38. The van der Waals surface area contributed by atoms with Gasteiger partial charge >= 0.3 is 0 Å². The summed E-state index contributed by atoms with van der Waals surface area (Å²) in [4.78, 5) is 14.4. The molecule has 5 heteroatoms. The Morgan fingerprint density at radius 2 is 1.07 bits per heavy atom. The molecule has 0 saturated carbocycles. The highest BCUT2D eigenvalue weighted by Gasteiger charge is 2.22. The second-order valence-corrected chi connectivity index (χ2v) is 11.5. The van der Waals surface area contributed by atoms with Crippen LogP contribution in [0, 0.1) is 0 Å². The fourth-order valence-electron chi connectivity index (χ4n) is 6.33. The molecule has 0 unspecified atom stereocenters. The lowest BCUT2D eigenvalue weighted by Crippen LogP contribution is -1.99. The molecule has 0 spiro atoms. The predicted molar refractivity (Wildman–Crippen MR) is 175 cm³/mol. The van der Waals surface area contributed by atoms with Crippen molar-refractivity contribution in [2.24, 2.45) is 0 Å². The standard InChI is InChI=1S/C37H22N4S/c1-2-12-25-24(11-1)34-26-13-3-5-17-32(26)41(36(34)37-35(25)27-14-4-6-18-33(27)42-37)23-21-30(28-15-7-9-19-38-28)40-31(22-23)29-16-8-10-20-39-29/h1-22H. The van der Waals surface area contributed by atoms with E-state index in [0.29, 0.717) is 0 Å². The molecule has 4 aromatic carbocycles. The number of benzene rings is 4. The summed E-state index contributed by atoms with van der Waals surface area (Å²) in [5.41, 5.74) is 6.70. The summed E-state index contributed by atoms with van der Waals surface area (Å²) in [6, 6.07) is 42.6. The van der Waals surface area contributed by atoms with Crippen molar-refractivity contribution in [1.29, 1.82) is 0 Å². The van der Waals surface area contributed by atoms with E-state index in [1.165, 1.54) is 47.2 Å². The predicted octanol–water partition coefficient (Wildman–Crippen LogP) is 9.82. The lowest BCUT2D eigenvalue weighted by molar-refractivity contribution is 1.15. The monoisotopic (exact) mass is 554 g/mol. The molecule has 4 nitrogen and oxygen atoms in total. The number of rotatable bonds is 3. The van der Waals surface area contributed by atoms with Crippen molar-refractivity contribution in [3.8, 4) is 28.5 Å². The van der Waals surface area contributed by atoms with Crippen LogP contribution in [0.3, 0.4) is 0 Å². The quantitative estimate of drug-likeness (QED) is 0.218. The van der Waals surface area contributed by atoms with Gasteiger partial charge in [0.2, 0.25) is 0 Å². The molecule has 0 aliphatic heterocycles. The maximum absolute atomic E-state index is 5.06. The van der Waals surface area contributed by atoms with E-state index in [-0.39, 0.29) is 0 Å². The van der Waals surface area contributed by atoms with Gasteiger partial charge < -0.3 is 4.57 Å². The molecular weight excluding hydrogens is 533 g/mol. The smallest absolute Gasteiger partial charge is 0.0915 e.